The molecule has 10 heteroatoms. The molecule has 2 aromatic heterocycles. The summed E-state index contributed by atoms with van der Waals surface area (Å²) in [5.74, 6) is -0.720. The van der Waals surface area contributed by atoms with E-state index >= 15 is 0 Å². The van der Waals surface area contributed by atoms with Crippen molar-refractivity contribution in [1.82, 2.24) is 14.8 Å². The van der Waals surface area contributed by atoms with E-state index < -0.39 is 17.3 Å². The van der Waals surface area contributed by atoms with Crippen molar-refractivity contribution in [2.75, 3.05) is 5.32 Å². The average molecular weight is 475 g/mol. The van der Waals surface area contributed by atoms with Crippen LogP contribution in [-0.2, 0) is 11.3 Å². The molecule has 0 aliphatic rings. The number of hydrogen-bond acceptors (Lipinski definition) is 5. The van der Waals surface area contributed by atoms with E-state index in [1.807, 2.05) is 47.2 Å². The van der Waals surface area contributed by atoms with E-state index in [2.05, 4.69) is 15.5 Å². The van der Waals surface area contributed by atoms with Gasteiger partial charge in [-0.05, 0) is 29.1 Å². The van der Waals surface area contributed by atoms with Gasteiger partial charge in [0.15, 0.2) is 16.2 Å². The minimum Gasteiger partial charge on any atom is -0.325 e. The predicted molar refractivity (Wildman–Crippen MR) is 120 cm³/mol. The summed E-state index contributed by atoms with van der Waals surface area (Å²) in [4.78, 5) is 12.6. The Labute approximate surface area is 190 Å². The maximum Gasteiger partial charge on any atom is 0.409 e. The van der Waals surface area contributed by atoms with Crippen molar-refractivity contribution >= 4 is 34.7 Å². The number of benzene rings is 2. The van der Waals surface area contributed by atoms with Crippen molar-refractivity contribution in [3.8, 4) is 11.4 Å². The third-order valence-corrected chi connectivity index (χ3v) is 6.39. The zero-order valence-electron chi connectivity index (χ0n) is 16.5. The van der Waals surface area contributed by atoms with Crippen LogP contribution in [0.4, 0.5) is 18.9 Å². The number of alkyl halides is 3. The van der Waals surface area contributed by atoms with Crippen LogP contribution in [0, 0.1) is 0 Å². The van der Waals surface area contributed by atoms with Crippen LogP contribution >= 0.6 is 23.1 Å². The lowest BCUT2D eigenvalue weighted by Gasteiger charge is -2.19. The van der Waals surface area contributed by atoms with Crippen LogP contribution < -0.4 is 5.32 Å². The standard InChI is InChI=1S/C22H17F3N4OS2/c23-22(24,25)18(20(30)26-17-9-5-2-6-10-17)32-21-28-27-19(16-11-12-31-14-16)29(21)13-15-7-3-1-4-8-15/h1-12,14,18H,13H2,(H,26,30). The van der Waals surface area contributed by atoms with Crippen molar-refractivity contribution < 1.29 is 18.0 Å². The largest absolute Gasteiger partial charge is 0.409 e. The Balaban J connectivity index is 1.67. The van der Waals surface area contributed by atoms with Crippen LogP contribution in [0.1, 0.15) is 5.56 Å². The molecule has 0 bridgehead atoms. The molecular formula is C22H17F3N4OS2. The van der Waals surface area contributed by atoms with Gasteiger partial charge in [-0.3, -0.25) is 9.36 Å². The number of anilines is 1. The van der Waals surface area contributed by atoms with Gasteiger partial charge in [0.05, 0.1) is 6.54 Å². The fourth-order valence-electron chi connectivity index (χ4n) is 2.99. The molecule has 0 aliphatic heterocycles. The molecule has 0 saturated heterocycles. The molecular weight excluding hydrogens is 457 g/mol. The predicted octanol–water partition coefficient (Wildman–Crippen LogP) is 5.72. The average Bonchev–Trinajstić information content (AvgIpc) is 3.43. The van der Waals surface area contributed by atoms with Gasteiger partial charge >= 0.3 is 6.18 Å². The number of para-hydroxylation sites is 1. The molecule has 2 aromatic carbocycles. The zero-order valence-corrected chi connectivity index (χ0v) is 18.1. The van der Waals surface area contributed by atoms with Crippen molar-refractivity contribution in [1.29, 1.82) is 0 Å². The molecule has 4 aromatic rings. The van der Waals surface area contributed by atoms with E-state index in [1.54, 1.807) is 22.8 Å². The third-order valence-electron chi connectivity index (χ3n) is 4.48. The Bertz CT molecular complexity index is 1160. The summed E-state index contributed by atoms with van der Waals surface area (Å²) in [6.07, 6.45) is -4.78. The first kappa shape index (κ1) is 22.1. The molecule has 1 N–H and O–H groups in total. The number of amides is 1. The Kier molecular flexibility index (Phi) is 6.61. The first-order valence-corrected chi connectivity index (χ1v) is 11.3. The molecule has 4 rings (SSSR count). The molecule has 0 radical (unpaired) electrons. The molecule has 2 heterocycles. The monoisotopic (exact) mass is 474 g/mol. The first-order valence-electron chi connectivity index (χ1n) is 9.51. The Morgan fingerprint density at radius 1 is 1.03 bits per heavy atom. The van der Waals surface area contributed by atoms with Gasteiger partial charge in [0.25, 0.3) is 0 Å². The maximum atomic E-state index is 13.9. The van der Waals surface area contributed by atoms with Crippen LogP contribution in [0.5, 0.6) is 0 Å². The highest BCUT2D eigenvalue weighted by Gasteiger charge is 2.47. The first-order chi connectivity index (χ1) is 15.4. The second-order valence-corrected chi connectivity index (χ2v) is 8.64. The Morgan fingerprint density at radius 3 is 2.34 bits per heavy atom. The lowest BCUT2D eigenvalue weighted by molar-refractivity contribution is -0.146. The van der Waals surface area contributed by atoms with Crippen LogP contribution in [0.3, 0.4) is 0 Å². The van der Waals surface area contributed by atoms with Gasteiger partial charge in [0.2, 0.25) is 5.91 Å². The van der Waals surface area contributed by atoms with E-state index in [1.165, 1.54) is 23.5 Å². The van der Waals surface area contributed by atoms with Gasteiger partial charge in [-0.15, -0.1) is 10.2 Å². The molecule has 0 saturated carbocycles. The Morgan fingerprint density at radius 2 is 1.72 bits per heavy atom. The van der Waals surface area contributed by atoms with E-state index in [0.717, 1.165) is 11.1 Å². The molecule has 0 aliphatic carbocycles. The number of carbonyl (C=O) groups excluding carboxylic acids is 1. The highest BCUT2D eigenvalue weighted by Crippen LogP contribution is 2.37. The van der Waals surface area contributed by atoms with E-state index in [0.29, 0.717) is 17.6 Å². The fraction of sp³-hybridized carbons (Fsp3) is 0.136. The number of aromatic nitrogens is 3. The fourth-order valence-corrected chi connectivity index (χ4v) is 4.50. The topological polar surface area (TPSA) is 59.8 Å². The second kappa shape index (κ2) is 9.58. The number of halogens is 3. The zero-order chi connectivity index (χ0) is 22.6. The van der Waals surface area contributed by atoms with E-state index in [9.17, 15) is 18.0 Å². The van der Waals surface area contributed by atoms with Crippen molar-refractivity contribution in [3.63, 3.8) is 0 Å². The minimum absolute atomic E-state index is 0.0144. The number of rotatable bonds is 7. The Hall–Kier alpha value is -3.11. The lowest BCUT2D eigenvalue weighted by Crippen LogP contribution is -2.38. The summed E-state index contributed by atoms with van der Waals surface area (Å²) in [5.41, 5.74) is 1.92. The maximum absolute atomic E-state index is 13.9. The number of thioether (sulfide) groups is 1. The molecule has 1 amide bonds. The van der Waals surface area contributed by atoms with Gasteiger partial charge < -0.3 is 5.32 Å². The lowest BCUT2D eigenvalue weighted by atomic mass is 10.2. The molecule has 5 nitrogen and oxygen atoms in total. The number of nitrogens with one attached hydrogen (secondary N) is 1. The van der Waals surface area contributed by atoms with Crippen LogP contribution in [0.25, 0.3) is 11.4 Å². The summed E-state index contributed by atoms with van der Waals surface area (Å²) in [6.45, 7) is 0.270. The summed E-state index contributed by atoms with van der Waals surface area (Å²) >= 11 is 1.79. The summed E-state index contributed by atoms with van der Waals surface area (Å²) in [6, 6.07) is 19.2. The van der Waals surface area contributed by atoms with Crippen molar-refractivity contribution in [2.24, 2.45) is 0 Å². The highest BCUT2D eigenvalue weighted by atomic mass is 32.2. The molecule has 0 fully saturated rings. The number of thiophene rings is 1. The second-order valence-electron chi connectivity index (χ2n) is 6.78. The molecule has 0 spiro atoms. The van der Waals surface area contributed by atoms with Gasteiger partial charge in [0.1, 0.15) is 0 Å². The molecule has 1 unspecified atom stereocenters. The van der Waals surface area contributed by atoms with Gasteiger partial charge in [-0.1, -0.05) is 60.3 Å². The van der Waals surface area contributed by atoms with E-state index in [-0.39, 0.29) is 17.4 Å². The SMILES string of the molecule is O=C(Nc1ccccc1)C(Sc1nnc(-c2ccsc2)n1Cc1ccccc1)C(F)(F)F. The summed E-state index contributed by atoms with van der Waals surface area (Å²) < 4.78 is 43.2. The van der Waals surface area contributed by atoms with Crippen LogP contribution in [0.15, 0.2) is 82.6 Å². The van der Waals surface area contributed by atoms with Gasteiger partial charge in [-0.2, -0.15) is 24.5 Å². The molecule has 32 heavy (non-hydrogen) atoms. The van der Waals surface area contributed by atoms with Crippen LogP contribution in [0.2, 0.25) is 0 Å². The normalized spacial score (nSPS) is 12.5. The highest BCUT2D eigenvalue weighted by molar-refractivity contribution is 8.00. The third kappa shape index (κ3) is 5.20. The summed E-state index contributed by atoms with van der Waals surface area (Å²) in [7, 11) is 0. The quantitative estimate of drug-likeness (QED) is 0.348. The summed E-state index contributed by atoms with van der Waals surface area (Å²) in [5, 5.41) is 11.9. The van der Waals surface area contributed by atoms with E-state index in [4.69, 9.17) is 0 Å². The van der Waals surface area contributed by atoms with Crippen LogP contribution in [-0.4, -0.2) is 32.1 Å². The molecule has 164 valence electrons. The smallest absolute Gasteiger partial charge is 0.325 e. The van der Waals surface area contributed by atoms with Gasteiger partial charge in [0, 0.05) is 16.6 Å². The number of hydrogen-bond donors (Lipinski definition) is 1. The van der Waals surface area contributed by atoms with Crippen molar-refractivity contribution in [2.45, 2.75) is 23.1 Å². The minimum atomic E-state index is -4.78. The molecule has 1 atom stereocenters. The number of nitrogens with zero attached hydrogens (tertiary/aromatic N) is 3. The van der Waals surface area contributed by atoms with Gasteiger partial charge in [-0.25, -0.2) is 0 Å². The van der Waals surface area contributed by atoms with Crippen molar-refractivity contribution in [3.05, 3.63) is 83.1 Å². The number of carbonyl (C=O) groups is 1.